The summed E-state index contributed by atoms with van der Waals surface area (Å²) in [6.45, 7) is 9.58. The van der Waals surface area contributed by atoms with Gasteiger partial charge in [-0.15, -0.1) is 0 Å². The first kappa shape index (κ1) is 13.4. The SMILES string of the molecule is C/C=C\C/C=C\P1CC(CC)[P+](C)(C)C1. The number of rotatable bonds is 4. The average Bonchev–Trinajstić information content (AvgIpc) is 2.48. The molecule has 2 unspecified atom stereocenters. The molecule has 86 valence electrons. The molecule has 0 spiro atoms. The topological polar surface area (TPSA) is 0 Å². The zero-order valence-corrected chi connectivity index (χ0v) is 12.4. The van der Waals surface area contributed by atoms with Gasteiger partial charge in [0, 0.05) is 26.8 Å². The van der Waals surface area contributed by atoms with Gasteiger partial charge < -0.3 is 0 Å². The summed E-state index contributed by atoms with van der Waals surface area (Å²) in [5.41, 5.74) is 1.06. The van der Waals surface area contributed by atoms with Crippen LogP contribution in [0.5, 0.6) is 0 Å². The molecular formula is C13H25P2+. The lowest BCUT2D eigenvalue weighted by Crippen LogP contribution is -2.07. The zero-order chi connectivity index (χ0) is 11.3. The smallest absolute Gasteiger partial charge is 0.0811 e. The fraction of sp³-hybridized carbons (Fsp3) is 0.692. The minimum atomic E-state index is -0.556. The third-order valence-corrected chi connectivity index (χ3v) is 12.0. The third-order valence-electron chi connectivity index (χ3n) is 3.28. The highest BCUT2D eigenvalue weighted by atomic mass is 31.2. The number of hydrogen-bond acceptors (Lipinski definition) is 0. The number of hydrogen-bond donors (Lipinski definition) is 0. The van der Waals surface area contributed by atoms with Gasteiger partial charge >= 0.3 is 0 Å². The van der Waals surface area contributed by atoms with Crippen LogP contribution in [-0.2, 0) is 0 Å². The molecule has 0 amide bonds. The van der Waals surface area contributed by atoms with Gasteiger partial charge in [0.1, 0.15) is 0 Å². The van der Waals surface area contributed by atoms with Crippen LogP contribution in [-0.4, -0.2) is 31.1 Å². The van der Waals surface area contributed by atoms with Gasteiger partial charge in [0.05, 0.1) is 11.6 Å². The van der Waals surface area contributed by atoms with Crippen LogP contribution in [0.2, 0.25) is 0 Å². The molecule has 2 heteroatoms. The van der Waals surface area contributed by atoms with E-state index in [0.29, 0.717) is 0 Å². The summed E-state index contributed by atoms with van der Waals surface area (Å²) < 4.78 is 0. The summed E-state index contributed by atoms with van der Waals surface area (Å²) >= 11 is 0. The van der Waals surface area contributed by atoms with Crippen LogP contribution in [0.1, 0.15) is 26.7 Å². The Hall–Kier alpha value is 0.340. The van der Waals surface area contributed by atoms with Crippen molar-refractivity contribution in [2.24, 2.45) is 0 Å². The molecule has 1 rings (SSSR count). The van der Waals surface area contributed by atoms with E-state index in [4.69, 9.17) is 0 Å². The van der Waals surface area contributed by atoms with Crippen molar-refractivity contribution in [1.29, 1.82) is 0 Å². The van der Waals surface area contributed by atoms with Gasteiger partial charge in [0.25, 0.3) is 0 Å². The molecule has 15 heavy (non-hydrogen) atoms. The first-order valence-electron chi connectivity index (χ1n) is 5.94. The Kier molecular flexibility index (Phi) is 5.51. The largest absolute Gasteiger partial charge is 0.0914 e. The van der Waals surface area contributed by atoms with E-state index in [1.807, 2.05) is 0 Å². The van der Waals surface area contributed by atoms with Gasteiger partial charge in [-0.2, -0.15) is 0 Å². The fourth-order valence-corrected chi connectivity index (χ4v) is 12.5. The first-order valence-corrected chi connectivity index (χ1v) is 10.7. The molecule has 0 aromatic carbocycles. The molecule has 2 atom stereocenters. The van der Waals surface area contributed by atoms with Crippen LogP contribution in [0.25, 0.3) is 0 Å². The molecule has 0 saturated carbocycles. The molecule has 1 saturated heterocycles. The first-order chi connectivity index (χ1) is 7.10. The minimum absolute atomic E-state index is 0.240. The van der Waals surface area contributed by atoms with Crippen LogP contribution in [0.3, 0.4) is 0 Å². The predicted octanol–water partition coefficient (Wildman–Crippen LogP) is 4.98. The van der Waals surface area contributed by atoms with Crippen molar-refractivity contribution in [3.05, 3.63) is 24.0 Å². The van der Waals surface area contributed by atoms with Gasteiger partial charge in [-0.05, 0) is 27.7 Å². The second kappa shape index (κ2) is 6.17. The number of allylic oxidation sites excluding steroid dienone is 3. The van der Waals surface area contributed by atoms with Crippen molar-refractivity contribution in [1.82, 2.24) is 0 Å². The normalized spacial score (nSPS) is 30.7. The summed E-state index contributed by atoms with van der Waals surface area (Å²) in [7, 11) is -0.315. The van der Waals surface area contributed by atoms with Crippen LogP contribution < -0.4 is 0 Å². The highest BCUT2D eigenvalue weighted by molar-refractivity contribution is 7.89. The van der Waals surface area contributed by atoms with Crippen LogP contribution >= 0.6 is 15.2 Å². The van der Waals surface area contributed by atoms with Crippen molar-refractivity contribution in [3.63, 3.8) is 0 Å². The zero-order valence-electron chi connectivity index (χ0n) is 10.6. The second-order valence-electron chi connectivity index (χ2n) is 4.94. The van der Waals surface area contributed by atoms with Crippen LogP contribution in [0.15, 0.2) is 24.0 Å². The van der Waals surface area contributed by atoms with E-state index in [2.05, 4.69) is 51.2 Å². The van der Waals surface area contributed by atoms with E-state index >= 15 is 0 Å². The Bertz CT molecular complexity index is 241. The van der Waals surface area contributed by atoms with E-state index < -0.39 is 7.26 Å². The summed E-state index contributed by atoms with van der Waals surface area (Å²) in [6, 6.07) is 0. The van der Waals surface area contributed by atoms with Crippen LogP contribution in [0.4, 0.5) is 0 Å². The van der Waals surface area contributed by atoms with Crippen molar-refractivity contribution < 1.29 is 0 Å². The Morgan fingerprint density at radius 3 is 2.60 bits per heavy atom. The Morgan fingerprint density at radius 1 is 1.33 bits per heavy atom. The quantitative estimate of drug-likeness (QED) is 0.482. The third kappa shape index (κ3) is 4.01. The maximum absolute atomic E-state index is 2.56. The molecular weight excluding hydrogens is 218 g/mol. The summed E-state index contributed by atoms with van der Waals surface area (Å²) in [4.78, 5) is 0. The lowest BCUT2D eigenvalue weighted by molar-refractivity contribution is 0.902. The molecule has 0 aliphatic carbocycles. The highest BCUT2D eigenvalue weighted by Gasteiger charge is 2.44. The van der Waals surface area contributed by atoms with Crippen LogP contribution in [0, 0.1) is 0 Å². The van der Waals surface area contributed by atoms with Gasteiger partial charge in [-0.1, -0.05) is 31.0 Å². The Labute approximate surface area is 97.3 Å². The molecule has 0 radical (unpaired) electrons. The fourth-order valence-electron chi connectivity index (χ4n) is 2.29. The molecule has 0 nitrogen and oxygen atoms in total. The van der Waals surface area contributed by atoms with Gasteiger partial charge in [-0.25, -0.2) is 0 Å². The maximum Gasteiger partial charge on any atom is 0.0811 e. The molecule has 0 N–H and O–H groups in total. The standard InChI is InChI=1S/C13H25P2/c1-5-7-8-9-10-14-11-13(6-2)15(3,4)12-14/h5,7,9-10,13H,6,8,11-12H2,1-4H3/q+1/b7-5-,10-9-. The average molecular weight is 243 g/mol. The van der Waals surface area contributed by atoms with E-state index in [1.54, 1.807) is 5.90 Å². The van der Waals surface area contributed by atoms with Crippen molar-refractivity contribution >= 4 is 15.2 Å². The van der Waals surface area contributed by atoms with E-state index in [0.717, 1.165) is 12.1 Å². The summed E-state index contributed by atoms with van der Waals surface area (Å²) in [5.74, 6) is 4.08. The predicted molar refractivity (Wildman–Crippen MR) is 78.1 cm³/mol. The van der Waals surface area contributed by atoms with Gasteiger partial charge in [0.15, 0.2) is 0 Å². The molecule has 1 heterocycles. The molecule has 0 aromatic rings. The van der Waals surface area contributed by atoms with Gasteiger partial charge in [-0.3, -0.25) is 0 Å². The minimum Gasteiger partial charge on any atom is -0.0914 e. The van der Waals surface area contributed by atoms with Crippen molar-refractivity contribution in [2.75, 3.05) is 25.4 Å². The lowest BCUT2D eigenvalue weighted by Gasteiger charge is -2.17. The Morgan fingerprint density at radius 2 is 2.07 bits per heavy atom. The van der Waals surface area contributed by atoms with E-state index in [1.165, 1.54) is 12.6 Å². The van der Waals surface area contributed by atoms with E-state index in [9.17, 15) is 0 Å². The Balaban J connectivity index is 2.44. The lowest BCUT2D eigenvalue weighted by atomic mass is 10.4. The molecule has 1 aliphatic heterocycles. The van der Waals surface area contributed by atoms with Crippen molar-refractivity contribution in [2.45, 2.75) is 32.3 Å². The second-order valence-corrected chi connectivity index (χ2v) is 12.2. The maximum atomic E-state index is 2.56. The van der Waals surface area contributed by atoms with Crippen molar-refractivity contribution in [3.8, 4) is 0 Å². The summed E-state index contributed by atoms with van der Waals surface area (Å²) in [6.07, 6.45) is 10.8. The summed E-state index contributed by atoms with van der Waals surface area (Å²) in [5, 5.41) is 0. The molecule has 0 aromatic heterocycles. The monoisotopic (exact) mass is 243 g/mol. The highest BCUT2D eigenvalue weighted by Crippen LogP contribution is 2.73. The molecule has 1 aliphatic rings. The molecule has 1 fully saturated rings. The van der Waals surface area contributed by atoms with E-state index in [-0.39, 0.29) is 7.92 Å². The van der Waals surface area contributed by atoms with Gasteiger partial charge in [0.2, 0.25) is 0 Å². The molecule has 0 bridgehead atoms.